The van der Waals surface area contributed by atoms with Crippen molar-refractivity contribution in [1.29, 1.82) is 0 Å². The molecular weight excluding hydrogens is 324 g/mol. The number of carbonyl (C=O) groups excluding carboxylic acids is 2. The van der Waals surface area contributed by atoms with Gasteiger partial charge in [-0.1, -0.05) is 27.4 Å². The topological polar surface area (TPSA) is 93.1 Å². The van der Waals surface area contributed by atoms with Gasteiger partial charge in [-0.05, 0) is 18.4 Å². The van der Waals surface area contributed by atoms with Gasteiger partial charge in [0.15, 0.2) is 0 Å². The van der Waals surface area contributed by atoms with Crippen LogP contribution in [0.5, 0.6) is 0 Å². The highest BCUT2D eigenvalue weighted by atomic mass is 16.6. The Morgan fingerprint density at radius 1 is 1.16 bits per heavy atom. The minimum atomic E-state index is -1.35. The number of rotatable bonds is 2. The maximum Gasteiger partial charge on any atom is 0.302 e. The van der Waals surface area contributed by atoms with Crippen LogP contribution >= 0.6 is 0 Å². The summed E-state index contributed by atoms with van der Waals surface area (Å²) in [7, 11) is 0. The molecule has 3 aliphatic rings. The van der Waals surface area contributed by atoms with Crippen molar-refractivity contribution in [2.75, 3.05) is 0 Å². The number of aliphatic hydroxyl groups is 2. The first kappa shape index (κ1) is 18.4. The van der Waals surface area contributed by atoms with Crippen LogP contribution in [0.3, 0.4) is 0 Å². The fraction of sp³-hybridized carbons (Fsp3) is 0.789. The average Bonchev–Trinajstić information content (AvgIpc) is 2.87. The zero-order chi connectivity index (χ0) is 18.9. The normalized spacial score (nSPS) is 47.3. The number of carbonyl (C=O) groups is 2. The molecular formula is C19H28O6. The fourth-order valence-electron chi connectivity index (χ4n) is 6.24. The number of esters is 2. The standard InChI is InChI=1S/C19H28O6/c1-9-13(22)7-12-15(25-11(3)21)18(6)8-14(24-10(2)20)17(4,5)16(18)19(9,12)23/h12-16,22-23H,1,7-8H2,2-6H3/t12-,13+,14-,15+,16+,18+,19-/m1/s1. The predicted molar refractivity (Wildman–Crippen MR) is 89.3 cm³/mol. The van der Waals surface area contributed by atoms with Crippen molar-refractivity contribution >= 4 is 11.9 Å². The van der Waals surface area contributed by atoms with Gasteiger partial charge in [0, 0.05) is 36.5 Å². The molecule has 0 aromatic carbocycles. The Balaban J connectivity index is 2.13. The van der Waals surface area contributed by atoms with E-state index in [9.17, 15) is 19.8 Å². The molecule has 6 heteroatoms. The van der Waals surface area contributed by atoms with Crippen LogP contribution in [0.1, 0.15) is 47.5 Å². The van der Waals surface area contributed by atoms with Crippen molar-refractivity contribution in [3.63, 3.8) is 0 Å². The lowest BCUT2D eigenvalue weighted by atomic mass is 9.65. The van der Waals surface area contributed by atoms with Crippen molar-refractivity contribution in [2.45, 2.75) is 71.4 Å². The summed E-state index contributed by atoms with van der Waals surface area (Å²) in [4.78, 5) is 23.3. The van der Waals surface area contributed by atoms with Gasteiger partial charge in [-0.2, -0.15) is 0 Å². The molecule has 140 valence electrons. The first-order chi connectivity index (χ1) is 11.4. The minimum Gasteiger partial charge on any atom is -0.462 e. The molecule has 3 fully saturated rings. The van der Waals surface area contributed by atoms with Crippen molar-refractivity contribution in [2.24, 2.45) is 22.7 Å². The van der Waals surface area contributed by atoms with Gasteiger partial charge < -0.3 is 19.7 Å². The van der Waals surface area contributed by atoms with Crippen molar-refractivity contribution in [3.05, 3.63) is 12.2 Å². The molecule has 0 aromatic rings. The Labute approximate surface area is 148 Å². The Bertz CT molecular complexity index is 640. The maximum atomic E-state index is 11.7. The molecule has 25 heavy (non-hydrogen) atoms. The lowest BCUT2D eigenvalue weighted by Gasteiger charge is -2.42. The van der Waals surface area contributed by atoms with Gasteiger partial charge in [0.2, 0.25) is 0 Å². The van der Waals surface area contributed by atoms with Crippen LogP contribution in [0, 0.1) is 22.7 Å². The van der Waals surface area contributed by atoms with E-state index in [1.54, 1.807) is 0 Å². The van der Waals surface area contributed by atoms with Gasteiger partial charge in [-0.25, -0.2) is 0 Å². The zero-order valence-electron chi connectivity index (χ0n) is 15.5. The van der Waals surface area contributed by atoms with Crippen LogP contribution in [0.25, 0.3) is 0 Å². The van der Waals surface area contributed by atoms with E-state index < -0.39 is 46.6 Å². The molecule has 3 saturated carbocycles. The zero-order valence-corrected chi connectivity index (χ0v) is 15.5. The third kappa shape index (κ3) is 2.23. The van der Waals surface area contributed by atoms with Crippen molar-refractivity contribution < 1.29 is 29.3 Å². The first-order valence-electron chi connectivity index (χ1n) is 8.81. The highest BCUT2D eigenvalue weighted by Crippen LogP contribution is 2.72. The summed E-state index contributed by atoms with van der Waals surface area (Å²) in [6.45, 7) is 12.6. The summed E-state index contributed by atoms with van der Waals surface area (Å²) in [6, 6.07) is 0. The molecule has 0 radical (unpaired) electrons. The monoisotopic (exact) mass is 352 g/mol. The predicted octanol–water partition coefficient (Wildman–Crippen LogP) is 1.58. The van der Waals surface area contributed by atoms with Crippen LogP contribution in [-0.4, -0.2) is 46.1 Å². The van der Waals surface area contributed by atoms with Crippen LogP contribution in [0.2, 0.25) is 0 Å². The Kier molecular flexibility index (Phi) is 3.90. The summed E-state index contributed by atoms with van der Waals surface area (Å²) >= 11 is 0. The molecule has 0 aromatic heterocycles. The lowest BCUT2D eigenvalue weighted by molar-refractivity contribution is -0.159. The summed E-state index contributed by atoms with van der Waals surface area (Å²) in [5, 5.41) is 22.0. The highest BCUT2D eigenvalue weighted by Gasteiger charge is 2.78. The summed E-state index contributed by atoms with van der Waals surface area (Å²) < 4.78 is 11.2. The molecule has 0 aliphatic heterocycles. The number of hydrogen-bond donors (Lipinski definition) is 2. The molecule has 6 nitrogen and oxygen atoms in total. The third-order valence-electron chi connectivity index (χ3n) is 6.87. The third-order valence-corrected chi connectivity index (χ3v) is 6.87. The minimum absolute atomic E-state index is 0.313. The van der Waals surface area contributed by atoms with Gasteiger partial charge in [0.1, 0.15) is 12.2 Å². The number of ether oxygens (including phenoxy) is 2. The molecule has 7 atom stereocenters. The first-order valence-corrected chi connectivity index (χ1v) is 8.81. The van der Waals surface area contributed by atoms with E-state index in [1.165, 1.54) is 13.8 Å². The average molecular weight is 352 g/mol. The Hall–Kier alpha value is -1.40. The second-order valence-electron chi connectivity index (χ2n) is 8.80. The molecule has 0 heterocycles. The molecule has 0 spiro atoms. The molecule has 0 unspecified atom stereocenters. The summed E-state index contributed by atoms with van der Waals surface area (Å²) in [5.41, 5.74) is -2.11. The van der Waals surface area contributed by atoms with Gasteiger partial charge in [-0.3, -0.25) is 9.59 Å². The number of fused-ring (bicyclic) bond motifs is 3. The van der Waals surface area contributed by atoms with Crippen molar-refractivity contribution in [3.8, 4) is 0 Å². The van der Waals surface area contributed by atoms with Crippen molar-refractivity contribution in [1.82, 2.24) is 0 Å². The quantitative estimate of drug-likeness (QED) is 0.579. The van der Waals surface area contributed by atoms with Crippen LogP contribution < -0.4 is 0 Å². The van der Waals surface area contributed by atoms with Crippen LogP contribution in [-0.2, 0) is 19.1 Å². The maximum absolute atomic E-state index is 11.7. The van der Waals surface area contributed by atoms with E-state index >= 15 is 0 Å². The van der Waals surface area contributed by atoms with E-state index in [-0.39, 0.29) is 11.9 Å². The Morgan fingerprint density at radius 3 is 2.24 bits per heavy atom. The lowest BCUT2D eigenvalue weighted by Crippen LogP contribution is -2.48. The van der Waals surface area contributed by atoms with Gasteiger partial charge in [-0.15, -0.1) is 0 Å². The highest BCUT2D eigenvalue weighted by molar-refractivity contribution is 5.67. The summed E-state index contributed by atoms with van der Waals surface area (Å²) in [6.07, 6.45) is -0.999. The van der Waals surface area contributed by atoms with Crippen LogP contribution in [0.15, 0.2) is 12.2 Å². The molecule has 0 saturated heterocycles. The Morgan fingerprint density at radius 2 is 1.72 bits per heavy atom. The molecule has 3 aliphatic carbocycles. The number of aliphatic hydroxyl groups excluding tert-OH is 1. The smallest absolute Gasteiger partial charge is 0.302 e. The molecule has 3 rings (SSSR count). The van der Waals surface area contributed by atoms with Gasteiger partial charge >= 0.3 is 11.9 Å². The second-order valence-corrected chi connectivity index (χ2v) is 8.80. The SMILES string of the molecule is C=C1[C@@H](O)C[C@@H]2[C@H](OC(C)=O)[C@]3(C)C[C@@H](OC(C)=O)C(C)(C)[C@@H]3[C@@]12O. The molecule has 0 amide bonds. The number of hydrogen-bond acceptors (Lipinski definition) is 6. The fourth-order valence-corrected chi connectivity index (χ4v) is 6.24. The largest absolute Gasteiger partial charge is 0.462 e. The van der Waals surface area contributed by atoms with E-state index in [0.717, 1.165) is 0 Å². The van der Waals surface area contributed by atoms with Crippen LogP contribution in [0.4, 0.5) is 0 Å². The molecule has 2 N–H and O–H groups in total. The van der Waals surface area contributed by atoms with E-state index in [2.05, 4.69) is 6.58 Å². The summed E-state index contributed by atoms with van der Waals surface area (Å²) in [5.74, 6) is -1.56. The van der Waals surface area contributed by atoms with E-state index in [1.807, 2.05) is 20.8 Å². The van der Waals surface area contributed by atoms with Gasteiger partial charge in [0.05, 0.1) is 11.7 Å². The van der Waals surface area contributed by atoms with Gasteiger partial charge in [0.25, 0.3) is 0 Å². The second kappa shape index (κ2) is 5.30. The van der Waals surface area contributed by atoms with E-state index in [4.69, 9.17) is 9.47 Å². The molecule has 0 bridgehead atoms. The van der Waals surface area contributed by atoms with E-state index in [0.29, 0.717) is 18.4 Å².